The first-order valence-electron chi connectivity index (χ1n) is 19.5. The zero-order valence-corrected chi connectivity index (χ0v) is 35.9. The second-order valence-corrected chi connectivity index (χ2v) is 19.9. The standard InChI is InChI=1S/C48H52N2O6S2/c1-9-10-17-37-32(2)36(26-27-48(8)47(6,7)45-40-19-14-12-16-35(40)21-24-42(45)50(48)29-31-58(54,55)56)33(3)38(37)22-25-43-46(4,5)44-39-18-13-11-15-34(39)20-23-41(44)49(43)28-30-57(51,52)53/h9-27H,1,28-31H2,2-8H3,(H,51,52,53)(H,54,55,56)/b17-10-,27-26+,38-22-,43-25+. The Morgan fingerprint density at radius 2 is 1.24 bits per heavy atom. The maximum atomic E-state index is 12.1. The average molecular weight is 817 g/mol. The van der Waals surface area contributed by atoms with Gasteiger partial charge >= 0.3 is 0 Å². The van der Waals surface area contributed by atoms with E-state index in [0.717, 1.165) is 77.6 Å². The number of allylic oxidation sites excluding steroid dienone is 12. The van der Waals surface area contributed by atoms with E-state index in [9.17, 15) is 25.9 Å². The molecule has 0 saturated carbocycles. The molecule has 2 aliphatic heterocycles. The minimum atomic E-state index is -4.24. The number of nitrogens with zero attached hydrogens (tertiary/aromatic N) is 2. The summed E-state index contributed by atoms with van der Waals surface area (Å²) in [5.41, 5.74) is 8.49. The molecule has 1 atom stereocenters. The SMILES string of the molecule is C=C/C=C\C1=C(C)C(/C=C/C2(C)N(CCS(=O)(=O)O)c3ccc4ccccc4c3C2(C)C)=C(C)C/1=C/C=C1/N(CCS(=O)(=O)O)c2ccc3ccccc3c2C1(C)C. The number of benzene rings is 4. The van der Waals surface area contributed by atoms with Gasteiger partial charge in [-0.3, -0.25) is 9.11 Å². The Labute approximate surface area is 343 Å². The Bertz CT molecular complexity index is 2800. The van der Waals surface area contributed by atoms with E-state index >= 15 is 0 Å². The quantitative estimate of drug-likeness (QED) is 0.114. The molecule has 0 saturated heterocycles. The molecule has 4 aromatic rings. The van der Waals surface area contributed by atoms with E-state index in [1.165, 1.54) is 0 Å². The van der Waals surface area contributed by atoms with Crippen molar-refractivity contribution in [2.45, 2.75) is 64.8 Å². The molecule has 4 aromatic carbocycles. The Morgan fingerprint density at radius 1 is 0.672 bits per heavy atom. The summed E-state index contributed by atoms with van der Waals surface area (Å²) in [6.45, 7) is 19.1. The third kappa shape index (κ3) is 7.00. The van der Waals surface area contributed by atoms with Crippen molar-refractivity contribution in [2.75, 3.05) is 34.4 Å². The monoisotopic (exact) mass is 816 g/mol. The van der Waals surface area contributed by atoms with Crippen LogP contribution in [0.2, 0.25) is 0 Å². The first-order valence-corrected chi connectivity index (χ1v) is 22.8. The molecule has 2 N–H and O–H groups in total. The third-order valence-electron chi connectivity index (χ3n) is 12.8. The molecule has 10 heteroatoms. The van der Waals surface area contributed by atoms with Crippen LogP contribution in [0.5, 0.6) is 0 Å². The fraction of sp³-hybridized carbons (Fsp3) is 0.292. The lowest BCUT2D eigenvalue weighted by Gasteiger charge is -2.43. The first kappa shape index (κ1) is 41.2. The van der Waals surface area contributed by atoms with Gasteiger partial charge in [-0.25, -0.2) is 0 Å². The van der Waals surface area contributed by atoms with E-state index in [1.807, 2.05) is 41.3 Å². The smallest absolute Gasteiger partial charge is 0.266 e. The van der Waals surface area contributed by atoms with Crippen molar-refractivity contribution >= 4 is 53.2 Å². The number of hydrogen-bond donors (Lipinski definition) is 2. The number of hydrogen-bond acceptors (Lipinski definition) is 6. The van der Waals surface area contributed by atoms with E-state index in [2.05, 4.69) is 133 Å². The van der Waals surface area contributed by atoms with Crippen LogP contribution in [0, 0.1) is 0 Å². The third-order valence-corrected chi connectivity index (χ3v) is 14.2. The van der Waals surface area contributed by atoms with Crippen LogP contribution in [0.15, 0.2) is 155 Å². The van der Waals surface area contributed by atoms with Gasteiger partial charge in [0.25, 0.3) is 20.2 Å². The second kappa shape index (κ2) is 14.7. The molecule has 0 amide bonds. The van der Waals surface area contributed by atoms with Crippen molar-refractivity contribution in [2.24, 2.45) is 0 Å². The summed E-state index contributed by atoms with van der Waals surface area (Å²) in [6.07, 6.45) is 14.2. The van der Waals surface area contributed by atoms with Crippen LogP contribution in [0.3, 0.4) is 0 Å². The zero-order valence-electron chi connectivity index (χ0n) is 34.2. The second-order valence-electron chi connectivity index (χ2n) is 16.8. The van der Waals surface area contributed by atoms with E-state index in [4.69, 9.17) is 0 Å². The van der Waals surface area contributed by atoms with Crippen molar-refractivity contribution in [3.05, 3.63) is 167 Å². The molecule has 0 fully saturated rings. The van der Waals surface area contributed by atoms with Gasteiger partial charge in [0.15, 0.2) is 0 Å². The van der Waals surface area contributed by atoms with Crippen LogP contribution in [0.1, 0.15) is 59.6 Å². The fourth-order valence-electron chi connectivity index (χ4n) is 9.55. The van der Waals surface area contributed by atoms with E-state index in [0.29, 0.717) is 0 Å². The van der Waals surface area contributed by atoms with Crippen LogP contribution in [-0.2, 0) is 31.1 Å². The van der Waals surface area contributed by atoms with Crippen LogP contribution in [0.25, 0.3) is 21.5 Å². The molecule has 0 spiro atoms. The van der Waals surface area contributed by atoms with Gasteiger partial charge in [0.1, 0.15) is 0 Å². The average Bonchev–Trinajstić information content (AvgIpc) is 3.60. The minimum Gasteiger partial charge on any atom is -0.360 e. The van der Waals surface area contributed by atoms with Gasteiger partial charge in [-0.05, 0) is 99.5 Å². The largest absolute Gasteiger partial charge is 0.360 e. The molecule has 8 nitrogen and oxygen atoms in total. The molecule has 1 aliphatic carbocycles. The number of rotatable bonds is 11. The van der Waals surface area contributed by atoms with Gasteiger partial charge in [-0.1, -0.05) is 131 Å². The van der Waals surface area contributed by atoms with Gasteiger partial charge < -0.3 is 9.80 Å². The summed E-state index contributed by atoms with van der Waals surface area (Å²) >= 11 is 0. The van der Waals surface area contributed by atoms with Gasteiger partial charge in [0.2, 0.25) is 0 Å². The summed E-state index contributed by atoms with van der Waals surface area (Å²) in [6, 6.07) is 24.7. The minimum absolute atomic E-state index is 0.0869. The van der Waals surface area contributed by atoms with Crippen molar-refractivity contribution in [1.29, 1.82) is 0 Å². The van der Waals surface area contributed by atoms with Gasteiger partial charge in [-0.15, -0.1) is 0 Å². The Hall–Kier alpha value is -5.00. The van der Waals surface area contributed by atoms with Gasteiger partial charge in [0.05, 0.1) is 17.0 Å². The highest BCUT2D eigenvalue weighted by molar-refractivity contribution is 7.86. The van der Waals surface area contributed by atoms with E-state index in [1.54, 1.807) is 6.08 Å². The molecule has 58 heavy (non-hydrogen) atoms. The summed E-state index contributed by atoms with van der Waals surface area (Å²) in [4.78, 5) is 4.14. The Morgan fingerprint density at radius 3 is 1.84 bits per heavy atom. The molecule has 2 heterocycles. The molecule has 1 unspecified atom stereocenters. The predicted octanol–water partition coefficient (Wildman–Crippen LogP) is 10.2. The normalized spacial score (nSPS) is 21.9. The molecule has 0 aromatic heterocycles. The lowest BCUT2D eigenvalue weighted by Crippen LogP contribution is -2.53. The van der Waals surface area contributed by atoms with E-state index < -0.39 is 48.1 Å². The topological polar surface area (TPSA) is 115 Å². The molecule has 0 bridgehead atoms. The predicted molar refractivity (Wildman–Crippen MR) is 240 cm³/mol. The van der Waals surface area contributed by atoms with Crippen molar-refractivity contribution in [3.8, 4) is 0 Å². The van der Waals surface area contributed by atoms with Crippen LogP contribution >= 0.6 is 0 Å². The number of fused-ring (bicyclic) bond motifs is 6. The van der Waals surface area contributed by atoms with E-state index in [-0.39, 0.29) is 13.1 Å². The summed E-state index contributed by atoms with van der Waals surface area (Å²) in [5, 5.41) is 4.40. The lowest BCUT2D eigenvalue weighted by atomic mass is 9.69. The Kier molecular flexibility index (Phi) is 10.4. The van der Waals surface area contributed by atoms with Crippen LogP contribution in [0.4, 0.5) is 11.4 Å². The van der Waals surface area contributed by atoms with Crippen molar-refractivity contribution in [3.63, 3.8) is 0 Å². The molecule has 7 rings (SSSR count). The summed E-state index contributed by atoms with van der Waals surface area (Å²) in [7, 11) is -8.47. The molecular formula is C48H52N2O6S2. The maximum Gasteiger partial charge on any atom is 0.266 e. The van der Waals surface area contributed by atoms with Gasteiger partial charge in [0, 0.05) is 41.0 Å². The van der Waals surface area contributed by atoms with Gasteiger partial charge in [-0.2, -0.15) is 16.8 Å². The summed E-state index contributed by atoms with van der Waals surface area (Å²) < 4.78 is 68.2. The highest BCUT2D eigenvalue weighted by Gasteiger charge is 2.53. The molecule has 302 valence electrons. The Balaban J connectivity index is 1.36. The molecule has 0 radical (unpaired) electrons. The summed E-state index contributed by atoms with van der Waals surface area (Å²) in [5.74, 6) is -0.825. The van der Waals surface area contributed by atoms with Crippen LogP contribution in [-0.4, -0.2) is 56.1 Å². The number of anilines is 2. The fourth-order valence-corrected chi connectivity index (χ4v) is 10.4. The van der Waals surface area contributed by atoms with Crippen molar-refractivity contribution in [1.82, 2.24) is 0 Å². The zero-order chi connectivity index (χ0) is 42.0. The lowest BCUT2D eigenvalue weighted by molar-refractivity contribution is 0.353. The first-order chi connectivity index (χ1) is 27.2. The molecular weight excluding hydrogens is 765 g/mol. The maximum absolute atomic E-state index is 12.1. The van der Waals surface area contributed by atoms with Crippen LogP contribution < -0.4 is 9.80 Å². The highest BCUT2D eigenvalue weighted by Crippen LogP contribution is 2.55. The van der Waals surface area contributed by atoms with Crippen molar-refractivity contribution < 1.29 is 25.9 Å². The molecule has 3 aliphatic rings. The highest BCUT2D eigenvalue weighted by atomic mass is 32.2.